The van der Waals surface area contributed by atoms with Gasteiger partial charge >= 0.3 is 5.97 Å². The van der Waals surface area contributed by atoms with Crippen LogP contribution < -0.4 is 4.74 Å². The van der Waals surface area contributed by atoms with Crippen molar-refractivity contribution in [3.05, 3.63) is 51.2 Å². The maximum atomic E-state index is 14.5. The Balaban J connectivity index is 1.68. The summed E-state index contributed by atoms with van der Waals surface area (Å²) in [5, 5.41) is 47.1. The summed E-state index contributed by atoms with van der Waals surface area (Å²) in [6, 6.07) is 0.137. The van der Waals surface area contributed by atoms with Gasteiger partial charge in [-0.25, -0.2) is 9.18 Å². The van der Waals surface area contributed by atoms with Crippen LogP contribution >= 0.6 is 0 Å². The van der Waals surface area contributed by atoms with Crippen LogP contribution in [0.15, 0.2) is 21.9 Å². The summed E-state index contributed by atoms with van der Waals surface area (Å²) in [7, 11) is 3.40. The number of carboxylic acid groups (broad SMARTS) is 1. The lowest BCUT2D eigenvalue weighted by molar-refractivity contribution is -0.0559. The number of allylic oxidation sites excluding steroid dienone is 1. The minimum absolute atomic E-state index is 0.0187. The van der Waals surface area contributed by atoms with Crippen LogP contribution in [0.3, 0.4) is 0 Å². The Hall–Kier alpha value is -3.77. The molecule has 4 atom stereocenters. The third-order valence-electron chi connectivity index (χ3n) is 7.79. The van der Waals surface area contributed by atoms with Gasteiger partial charge in [0.05, 0.1) is 18.2 Å². The molecule has 38 heavy (non-hydrogen) atoms. The molecule has 11 nitrogen and oxygen atoms in total. The van der Waals surface area contributed by atoms with Gasteiger partial charge in [-0.3, -0.25) is 14.5 Å². The number of aliphatic hydroxyl groups excluding tert-OH is 1. The first kappa shape index (κ1) is 25.9. The van der Waals surface area contributed by atoms with Crippen molar-refractivity contribution >= 4 is 17.5 Å². The van der Waals surface area contributed by atoms with Crippen LogP contribution in [0.2, 0.25) is 0 Å². The number of hydrogen-bond donors (Lipinski definition) is 4. The maximum Gasteiger partial charge on any atom is 0.342 e. The summed E-state index contributed by atoms with van der Waals surface area (Å²) < 4.78 is 25.7. The lowest BCUT2D eigenvalue weighted by Crippen LogP contribution is -2.59. The zero-order valence-corrected chi connectivity index (χ0v) is 20.9. The minimum atomic E-state index is -2.55. The van der Waals surface area contributed by atoms with Crippen LogP contribution in [-0.2, 0) is 6.42 Å². The van der Waals surface area contributed by atoms with Crippen molar-refractivity contribution < 1.29 is 48.5 Å². The predicted octanol–water partition coefficient (Wildman–Crippen LogP) is 2.81. The molecule has 4 N–H and O–H groups in total. The van der Waals surface area contributed by atoms with Crippen molar-refractivity contribution in [2.75, 3.05) is 20.7 Å². The third kappa shape index (κ3) is 3.39. The molecule has 0 fully saturated rings. The number of ketones is 2. The number of aromatic hydroxyl groups is 1. The predicted molar refractivity (Wildman–Crippen MR) is 127 cm³/mol. The number of carbonyl (C=O) groups excluding carboxylic acids is 2. The summed E-state index contributed by atoms with van der Waals surface area (Å²) >= 11 is 0. The standard InChI is InChI=1S/C26H27FN2O9/c1-4-5-6-37-24-17-21(38-28-24)18(29(2)3)12-8-10-7-11-9-13(27)16(25(34)35)20(31)14(11)19(30)15(10)22(32)26(12,36)23(17)33/h9-10,12,18,31-32,36H,4-8H2,1-3H3,(H,34,35)/t10-,12-,18-,26-/m0/s1. The van der Waals surface area contributed by atoms with Crippen molar-refractivity contribution in [2.24, 2.45) is 11.8 Å². The Morgan fingerprint density at radius 2 is 2.00 bits per heavy atom. The molecule has 0 unspecified atom stereocenters. The van der Waals surface area contributed by atoms with E-state index in [4.69, 9.17) is 9.26 Å². The molecule has 0 saturated carbocycles. The molecule has 0 saturated heterocycles. The molecule has 0 spiro atoms. The van der Waals surface area contributed by atoms with Gasteiger partial charge in [-0.15, -0.1) is 0 Å². The van der Waals surface area contributed by atoms with E-state index < -0.39 is 69.5 Å². The lowest BCUT2D eigenvalue weighted by atomic mass is 9.58. The Labute approximate surface area is 216 Å². The second kappa shape index (κ2) is 8.91. The van der Waals surface area contributed by atoms with E-state index in [0.29, 0.717) is 6.42 Å². The number of unbranched alkanes of at least 4 members (excludes halogenated alkanes) is 1. The Kier molecular flexibility index (Phi) is 6.07. The first-order valence-corrected chi connectivity index (χ1v) is 12.3. The molecule has 3 aliphatic rings. The largest absolute Gasteiger partial charge is 0.508 e. The van der Waals surface area contributed by atoms with E-state index in [9.17, 15) is 39.2 Å². The van der Waals surface area contributed by atoms with E-state index in [0.717, 1.165) is 12.5 Å². The monoisotopic (exact) mass is 530 g/mol. The molecule has 0 radical (unpaired) electrons. The average molecular weight is 531 g/mol. The highest BCUT2D eigenvalue weighted by molar-refractivity contribution is 6.17. The molecule has 0 bridgehead atoms. The van der Waals surface area contributed by atoms with E-state index in [1.54, 1.807) is 19.0 Å². The topological polar surface area (TPSA) is 171 Å². The van der Waals surface area contributed by atoms with E-state index >= 15 is 0 Å². The Morgan fingerprint density at radius 1 is 1.29 bits per heavy atom. The smallest absolute Gasteiger partial charge is 0.342 e. The van der Waals surface area contributed by atoms with Crippen molar-refractivity contribution in [3.8, 4) is 11.6 Å². The van der Waals surface area contributed by atoms with Gasteiger partial charge < -0.3 is 29.7 Å². The SMILES string of the molecule is CCCCOc1noc2c1C(=O)[C@@]1(O)C(O)=C3C(=O)c4c(cc(F)c(C(=O)O)c4O)C[C@H]3C[C@H]1[C@@H]2N(C)C. The number of Topliss-reactive ketones (excluding diaryl/α,β-unsaturated/α-hetero) is 2. The zero-order valence-electron chi connectivity index (χ0n) is 20.9. The first-order valence-electron chi connectivity index (χ1n) is 12.3. The second-order valence-corrected chi connectivity index (χ2v) is 10.2. The highest BCUT2D eigenvalue weighted by Crippen LogP contribution is 2.56. The molecule has 1 aromatic carbocycles. The minimum Gasteiger partial charge on any atom is -0.508 e. The normalized spacial score (nSPS) is 26.1. The van der Waals surface area contributed by atoms with Gasteiger partial charge in [0.2, 0.25) is 5.78 Å². The van der Waals surface area contributed by atoms with Crippen LogP contribution in [0, 0.1) is 17.7 Å². The lowest BCUT2D eigenvalue weighted by Gasteiger charge is -2.49. The van der Waals surface area contributed by atoms with E-state index in [1.807, 2.05) is 6.92 Å². The highest BCUT2D eigenvalue weighted by Gasteiger charge is 2.63. The fourth-order valence-electron chi connectivity index (χ4n) is 6.06. The van der Waals surface area contributed by atoms with Crippen LogP contribution in [0.4, 0.5) is 4.39 Å². The van der Waals surface area contributed by atoms with Gasteiger partial charge in [0, 0.05) is 11.5 Å². The van der Waals surface area contributed by atoms with Crippen LogP contribution in [0.5, 0.6) is 11.6 Å². The quantitative estimate of drug-likeness (QED) is 0.405. The van der Waals surface area contributed by atoms with E-state index in [-0.39, 0.29) is 47.8 Å². The number of carboxylic acids is 1. The number of nitrogens with zero attached hydrogens (tertiary/aromatic N) is 2. The maximum absolute atomic E-state index is 14.5. The molecule has 1 heterocycles. The number of aromatic nitrogens is 1. The number of hydrogen-bond acceptors (Lipinski definition) is 10. The number of benzene rings is 1. The van der Waals surface area contributed by atoms with Gasteiger partial charge in [-0.1, -0.05) is 13.3 Å². The molecule has 12 heteroatoms. The summed E-state index contributed by atoms with van der Waals surface area (Å²) in [6.45, 7) is 2.19. The molecule has 1 aromatic heterocycles. The molecule has 0 amide bonds. The number of halogens is 1. The fourth-order valence-corrected chi connectivity index (χ4v) is 6.06. The summed E-state index contributed by atoms with van der Waals surface area (Å²) in [5.41, 5.74) is -4.50. The third-order valence-corrected chi connectivity index (χ3v) is 7.79. The number of ether oxygens (including phenoxy) is 1. The Bertz CT molecular complexity index is 1410. The van der Waals surface area contributed by atoms with Crippen molar-refractivity contribution in [1.82, 2.24) is 10.1 Å². The molecule has 0 aliphatic heterocycles. The number of aliphatic hydroxyl groups is 2. The number of carbonyl (C=O) groups is 3. The first-order chi connectivity index (χ1) is 17.9. The zero-order chi connectivity index (χ0) is 27.7. The van der Waals surface area contributed by atoms with Crippen LogP contribution in [-0.4, -0.2) is 74.3 Å². The van der Waals surface area contributed by atoms with Crippen molar-refractivity contribution in [1.29, 1.82) is 0 Å². The van der Waals surface area contributed by atoms with E-state index in [1.165, 1.54) is 0 Å². The molecular weight excluding hydrogens is 503 g/mol. The van der Waals surface area contributed by atoms with E-state index in [2.05, 4.69) is 5.16 Å². The van der Waals surface area contributed by atoms with Gasteiger partial charge in [0.15, 0.2) is 17.1 Å². The molecule has 5 rings (SSSR count). The van der Waals surface area contributed by atoms with Crippen molar-refractivity contribution in [2.45, 2.75) is 44.2 Å². The summed E-state index contributed by atoms with van der Waals surface area (Å²) in [5.74, 6) is -8.56. The summed E-state index contributed by atoms with van der Waals surface area (Å²) in [4.78, 5) is 40.6. The molecule has 3 aliphatic carbocycles. The van der Waals surface area contributed by atoms with Gasteiger partial charge in [0.25, 0.3) is 5.88 Å². The van der Waals surface area contributed by atoms with Crippen LogP contribution in [0.25, 0.3) is 0 Å². The van der Waals surface area contributed by atoms with Crippen LogP contribution in [0.1, 0.15) is 74.6 Å². The van der Waals surface area contributed by atoms with Gasteiger partial charge in [-0.2, -0.15) is 0 Å². The number of phenols is 1. The average Bonchev–Trinajstić information content (AvgIpc) is 3.24. The highest BCUT2D eigenvalue weighted by atomic mass is 19.1. The summed E-state index contributed by atoms with van der Waals surface area (Å²) in [6.07, 6.45) is 1.47. The second-order valence-electron chi connectivity index (χ2n) is 10.2. The molecule has 2 aromatic rings. The van der Waals surface area contributed by atoms with Gasteiger partial charge in [-0.05, 0) is 56.1 Å². The number of rotatable bonds is 6. The molecule has 202 valence electrons. The fraction of sp³-hybridized carbons (Fsp3) is 0.462. The van der Waals surface area contributed by atoms with Gasteiger partial charge in [0.1, 0.15) is 28.5 Å². The Morgan fingerprint density at radius 3 is 2.63 bits per heavy atom. The number of fused-ring (bicyclic) bond motifs is 4. The molecular formula is C26H27FN2O9. The number of aromatic carboxylic acids is 1. The van der Waals surface area contributed by atoms with Crippen molar-refractivity contribution in [3.63, 3.8) is 0 Å².